The van der Waals surface area contributed by atoms with Crippen molar-refractivity contribution in [1.82, 2.24) is 10.1 Å². The zero-order valence-corrected chi connectivity index (χ0v) is 8.54. The van der Waals surface area contributed by atoms with Gasteiger partial charge in [0.2, 0.25) is 4.73 Å². The number of hydrogen-bond acceptors (Lipinski definition) is 4. The number of aryl methyl sites for hydroxylation is 1. The van der Waals surface area contributed by atoms with Gasteiger partial charge in [-0.2, -0.15) is 4.98 Å². The molecule has 68 valence electrons. The van der Waals surface area contributed by atoms with Gasteiger partial charge in [0.15, 0.2) is 5.76 Å². The van der Waals surface area contributed by atoms with Crippen molar-refractivity contribution in [1.29, 1.82) is 0 Å². The predicted molar refractivity (Wildman–Crippen MR) is 49.1 cm³/mol. The van der Waals surface area contributed by atoms with Crippen molar-refractivity contribution in [3.63, 3.8) is 0 Å². The van der Waals surface area contributed by atoms with Crippen molar-refractivity contribution in [2.24, 2.45) is 0 Å². The third kappa shape index (κ3) is 1.65. The van der Waals surface area contributed by atoms with E-state index in [2.05, 4.69) is 26.1 Å². The van der Waals surface area contributed by atoms with E-state index in [0.717, 1.165) is 12.2 Å². The second-order valence-corrected chi connectivity index (χ2v) is 3.20. The largest absolute Gasteiger partial charge is 0.456 e. The molecule has 0 fully saturated rings. The van der Waals surface area contributed by atoms with Crippen molar-refractivity contribution in [2.45, 2.75) is 13.3 Å². The molecule has 0 saturated heterocycles. The van der Waals surface area contributed by atoms with E-state index in [1.807, 2.05) is 19.1 Å². The van der Waals surface area contributed by atoms with E-state index in [1.165, 1.54) is 0 Å². The van der Waals surface area contributed by atoms with E-state index >= 15 is 0 Å². The highest BCUT2D eigenvalue weighted by atomic mass is 79.9. The number of furan rings is 1. The van der Waals surface area contributed by atoms with Crippen LogP contribution < -0.4 is 0 Å². The summed E-state index contributed by atoms with van der Waals surface area (Å²) < 4.78 is 10.7. The smallest absolute Gasteiger partial charge is 0.294 e. The van der Waals surface area contributed by atoms with Crippen molar-refractivity contribution >= 4 is 15.9 Å². The van der Waals surface area contributed by atoms with Crippen LogP contribution in [0, 0.1) is 0 Å². The first-order valence-electron chi connectivity index (χ1n) is 3.88. The molecule has 0 aromatic carbocycles. The van der Waals surface area contributed by atoms with Gasteiger partial charge in [-0.1, -0.05) is 6.92 Å². The highest BCUT2D eigenvalue weighted by Crippen LogP contribution is 2.21. The molecule has 5 heteroatoms. The van der Waals surface area contributed by atoms with Gasteiger partial charge in [0.05, 0.1) is 0 Å². The van der Waals surface area contributed by atoms with Crippen LogP contribution in [0.1, 0.15) is 12.7 Å². The molecule has 13 heavy (non-hydrogen) atoms. The van der Waals surface area contributed by atoms with Gasteiger partial charge in [-0.3, -0.25) is 0 Å². The molecular weight excluding hydrogens is 236 g/mol. The first kappa shape index (κ1) is 8.50. The Bertz CT molecular complexity index is 408. The summed E-state index contributed by atoms with van der Waals surface area (Å²) in [5, 5.41) is 3.60. The lowest BCUT2D eigenvalue weighted by molar-refractivity contribution is 0.408. The average molecular weight is 243 g/mol. The van der Waals surface area contributed by atoms with Crippen molar-refractivity contribution in [2.75, 3.05) is 0 Å². The molecule has 0 aliphatic heterocycles. The lowest BCUT2D eigenvalue weighted by Crippen LogP contribution is -1.72. The van der Waals surface area contributed by atoms with Gasteiger partial charge < -0.3 is 8.94 Å². The molecule has 0 aliphatic carbocycles. The van der Waals surface area contributed by atoms with Gasteiger partial charge in [-0.25, -0.2) is 0 Å². The Morgan fingerprint density at radius 3 is 2.85 bits per heavy atom. The van der Waals surface area contributed by atoms with Gasteiger partial charge >= 0.3 is 0 Å². The van der Waals surface area contributed by atoms with E-state index in [-0.39, 0.29) is 0 Å². The second-order valence-electron chi connectivity index (χ2n) is 2.49. The Kier molecular flexibility index (Phi) is 2.18. The molecule has 0 unspecified atom stereocenters. The Balaban J connectivity index is 2.35. The number of halogens is 1. The summed E-state index contributed by atoms with van der Waals surface area (Å²) in [5.41, 5.74) is 0. The minimum Gasteiger partial charge on any atom is -0.456 e. The summed E-state index contributed by atoms with van der Waals surface area (Å²) in [6, 6.07) is 3.71. The quantitative estimate of drug-likeness (QED) is 0.813. The van der Waals surface area contributed by atoms with E-state index in [1.54, 1.807) is 0 Å². The van der Waals surface area contributed by atoms with Gasteiger partial charge in [0.1, 0.15) is 5.76 Å². The number of hydrogen-bond donors (Lipinski definition) is 0. The Morgan fingerprint density at radius 2 is 2.31 bits per heavy atom. The maximum atomic E-state index is 5.42. The first-order valence-corrected chi connectivity index (χ1v) is 4.67. The molecular formula is C8H7BrN2O2. The molecule has 2 aromatic heterocycles. The van der Waals surface area contributed by atoms with Crippen LogP contribution in [-0.2, 0) is 6.42 Å². The maximum absolute atomic E-state index is 5.42. The minimum atomic E-state index is 0.395. The minimum absolute atomic E-state index is 0.395. The number of aromatic nitrogens is 2. The average Bonchev–Trinajstić information content (AvgIpc) is 2.71. The Morgan fingerprint density at radius 1 is 1.46 bits per heavy atom. The molecule has 2 heterocycles. The third-order valence-electron chi connectivity index (χ3n) is 1.62. The highest BCUT2D eigenvalue weighted by Gasteiger charge is 2.10. The molecule has 0 spiro atoms. The maximum Gasteiger partial charge on any atom is 0.294 e. The SMILES string of the molecule is CCc1ccc(-c2nc(Br)no2)o1. The predicted octanol–water partition coefficient (Wildman–Crippen LogP) is 2.65. The number of nitrogens with zero attached hydrogens (tertiary/aromatic N) is 2. The molecule has 2 aromatic rings. The summed E-state index contributed by atoms with van der Waals surface area (Å²) >= 11 is 3.10. The molecule has 0 N–H and O–H groups in total. The second kappa shape index (κ2) is 3.33. The highest BCUT2D eigenvalue weighted by molar-refractivity contribution is 9.10. The van der Waals surface area contributed by atoms with Gasteiger partial charge in [-0.15, -0.1) is 0 Å². The van der Waals surface area contributed by atoms with E-state index < -0.39 is 0 Å². The van der Waals surface area contributed by atoms with Crippen LogP contribution in [-0.4, -0.2) is 10.1 Å². The summed E-state index contributed by atoms with van der Waals surface area (Å²) in [7, 11) is 0. The molecule has 0 aliphatic rings. The van der Waals surface area contributed by atoms with Crippen LogP contribution in [0.2, 0.25) is 0 Å². The monoisotopic (exact) mass is 242 g/mol. The van der Waals surface area contributed by atoms with Crippen molar-refractivity contribution < 1.29 is 8.94 Å². The number of rotatable bonds is 2. The first-order chi connectivity index (χ1) is 6.29. The Labute approximate surface area is 83.1 Å². The fourth-order valence-electron chi connectivity index (χ4n) is 0.988. The molecule has 2 rings (SSSR count). The normalized spacial score (nSPS) is 10.6. The zero-order valence-electron chi connectivity index (χ0n) is 6.95. The van der Waals surface area contributed by atoms with Gasteiger partial charge in [0, 0.05) is 6.42 Å². The summed E-state index contributed by atoms with van der Waals surface area (Å²) in [4.78, 5) is 3.97. The zero-order chi connectivity index (χ0) is 9.26. The van der Waals surface area contributed by atoms with Gasteiger partial charge in [-0.05, 0) is 33.2 Å². The van der Waals surface area contributed by atoms with Crippen LogP contribution in [0.4, 0.5) is 0 Å². The molecule has 0 bridgehead atoms. The molecule has 0 amide bonds. The van der Waals surface area contributed by atoms with E-state index in [4.69, 9.17) is 8.94 Å². The van der Waals surface area contributed by atoms with E-state index in [9.17, 15) is 0 Å². The van der Waals surface area contributed by atoms with Crippen LogP contribution >= 0.6 is 15.9 Å². The van der Waals surface area contributed by atoms with Crippen LogP contribution in [0.25, 0.3) is 11.7 Å². The topological polar surface area (TPSA) is 52.1 Å². The summed E-state index contributed by atoms with van der Waals surface area (Å²) in [6.45, 7) is 2.02. The molecule has 0 saturated carbocycles. The fraction of sp³-hybridized carbons (Fsp3) is 0.250. The van der Waals surface area contributed by atoms with E-state index in [0.29, 0.717) is 16.4 Å². The molecule has 4 nitrogen and oxygen atoms in total. The fourth-order valence-corrected chi connectivity index (χ4v) is 1.22. The lowest BCUT2D eigenvalue weighted by atomic mass is 10.3. The van der Waals surface area contributed by atoms with Crippen molar-refractivity contribution in [3.8, 4) is 11.7 Å². The third-order valence-corrected chi connectivity index (χ3v) is 1.94. The van der Waals surface area contributed by atoms with Crippen LogP contribution in [0.3, 0.4) is 0 Å². The Hall–Kier alpha value is -1.10. The molecule has 0 atom stereocenters. The van der Waals surface area contributed by atoms with Crippen LogP contribution in [0.15, 0.2) is 25.8 Å². The lowest BCUT2D eigenvalue weighted by Gasteiger charge is -1.86. The van der Waals surface area contributed by atoms with Crippen molar-refractivity contribution in [3.05, 3.63) is 22.6 Å². The standard InChI is InChI=1S/C8H7BrN2O2/c1-2-5-3-4-6(12-5)7-10-8(9)11-13-7/h3-4H,2H2,1H3. The summed E-state index contributed by atoms with van der Waals surface area (Å²) in [6.07, 6.45) is 0.856. The van der Waals surface area contributed by atoms with Gasteiger partial charge in [0.25, 0.3) is 5.89 Å². The van der Waals surface area contributed by atoms with Crippen LogP contribution in [0.5, 0.6) is 0 Å². The summed E-state index contributed by atoms with van der Waals surface area (Å²) in [5.74, 6) is 1.91. The molecule has 0 radical (unpaired) electrons.